The van der Waals surface area contributed by atoms with Crippen LogP contribution < -0.4 is 9.64 Å². The number of likely N-dealkylation sites (tertiary alicyclic amines) is 1. The van der Waals surface area contributed by atoms with E-state index in [1.54, 1.807) is 24.3 Å². The quantitative estimate of drug-likeness (QED) is 0.775. The molecule has 28 heavy (non-hydrogen) atoms. The third-order valence-electron chi connectivity index (χ3n) is 4.55. The fraction of sp³-hybridized carbons (Fsp3) is 0.300. The summed E-state index contributed by atoms with van der Waals surface area (Å²) >= 11 is 0. The van der Waals surface area contributed by atoms with E-state index in [4.69, 9.17) is 4.74 Å². The zero-order valence-electron chi connectivity index (χ0n) is 15.2. The van der Waals surface area contributed by atoms with Gasteiger partial charge in [-0.1, -0.05) is 6.07 Å². The van der Waals surface area contributed by atoms with E-state index in [-0.39, 0.29) is 18.1 Å². The molecule has 0 bridgehead atoms. The minimum Gasteiger partial charge on any atom is -0.497 e. The Labute approximate surface area is 160 Å². The van der Waals surface area contributed by atoms with Crippen molar-refractivity contribution in [2.75, 3.05) is 25.2 Å². The molecule has 5 nitrogen and oxygen atoms in total. The summed E-state index contributed by atoms with van der Waals surface area (Å²) in [6.45, 7) is 0.474. The highest BCUT2D eigenvalue weighted by Crippen LogP contribution is 2.30. The van der Waals surface area contributed by atoms with Crippen molar-refractivity contribution in [3.05, 3.63) is 59.7 Å². The molecule has 0 unspecified atom stereocenters. The number of benzene rings is 2. The smallest absolute Gasteiger partial charge is 0.416 e. The molecule has 0 atom stereocenters. The second-order valence-corrected chi connectivity index (χ2v) is 6.41. The molecule has 148 valence electrons. The van der Waals surface area contributed by atoms with Gasteiger partial charge in [0.05, 0.1) is 12.7 Å². The molecule has 2 amide bonds. The first kappa shape index (κ1) is 19.7. The second kappa shape index (κ2) is 7.92. The lowest BCUT2D eigenvalue weighted by Gasteiger charge is -2.28. The summed E-state index contributed by atoms with van der Waals surface area (Å²) in [5, 5.41) is 0. The molecule has 0 radical (unpaired) electrons. The number of halogens is 3. The van der Waals surface area contributed by atoms with Crippen molar-refractivity contribution >= 4 is 17.5 Å². The van der Waals surface area contributed by atoms with Crippen LogP contribution in [-0.4, -0.2) is 37.0 Å². The van der Waals surface area contributed by atoms with Crippen LogP contribution in [0.2, 0.25) is 0 Å². The van der Waals surface area contributed by atoms with Gasteiger partial charge in [0.25, 0.3) is 5.91 Å². The van der Waals surface area contributed by atoms with Crippen molar-refractivity contribution < 1.29 is 27.5 Å². The molecule has 8 heteroatoms. The van der Waals surface area contributed by atoms with Crippen LogP contribution in [0.15, 0.2) is 48.5 Å². The van der Waals surface area contributed by atoms with E-state index in [1.165, 1.54) is 29.0 Å². The highest BCUT2D eigenvalue weighted by atomic mass is 19.4. The number of hydrogen-bond donors (Lipinski definition) is 0. The normalized spacial score (nSPS) is 14.3. The highest BCUT2D eigenvalue weighted by Gasteiger charge is 2.32. The molecule has 1 heterocycles. The van der Waals surface area contributed by atoms with Crippen LogP contribution in [-0.2, 0) is 11.0 Å². The largest absolute Gasteiger partial charge is 0.497 e. The van der Waals surface area contributed by atoms with Crippen molar-refractivity contribution in [3.8, 4) is 5.75 Å². The zero-order valence-corrected chi connectivity index (χ0v) is 15.2. The van der Waals surface area contributed by atoms with Crippen molar-refractivity contribution in [2.45, 2.75) is 19.0 Å². The number of hydrogen-bond acceptors (Lipinski definition) is 3. The molecule has 0 saturated carbocycles. The van der Waals surface area contributed by atoms with Gasteiger partial charge in [-0.25, -0.2) is 0 Å². The number of carbonyl (C=O) groups excluding carboxylic acids is 2. The van der Waals surface area contributed by atoms with Gasteiger partial charge in [-0.2, -0.15) is 13.2 Å². The average Bonchev–Trinajstić information content (AvgIpc) is 3.10. The third-order valence-corrected chi connectivity index (χ3v) is 4.55. The molecule has 2 aromatic carbocycles. The maximum atomic E-state index is 13.1. The van der Waals surface area contributed by atoms with Crippen LogP contribution in [0.3, 0.4) is 0 Å². The number of alkyl halides is 3. The van der Waals surface area contributed by atoms with E-state index in [2.05, 4.69) is 0 Å². The summed E-state index contributed by atoms with van der Waals surface area (Å²) in [7, 11) is 1.50. The first-order valence-corrected chi connectivity index (χ1v) is 8.70. The lowest BCUT2D eigenvalue weighted by molar-refractivity contribution is -0.137. The summed E-state index contributed by atoms with van der Waals surface area (Å²) in [5.41, 5.74) is -0.537. The Bertz CT molecular complexity index is 866. The number of carbonyl (C=O) groups is 2. The molecule has 0 N–H and O–H groups in total. The van der Waals surface area contributed by atoms with E-state index in [9.17, 15) is 22.8 Å². The van der Waals surface area contributed by atoms with Crippen LogP contribution in [0.25, 0.3) is 0 Å². The fourth-order valence-electron chi connectivity index (χ4n) is 3.03. The molecule has 0 spiro atoms. The fourth-order valence-corrected chi connectivity index (χ4v) is 3.03. The van der Waals surface area contributed by atoms with E-state index in [0.29, 0.717) is 30.8 Å². The monoisotopic (exact) mass is 392 g/mol. The van der Waals surface area contributed by atoms with Gasteiger partial charge in [-0.05, 0) is 48.9 Å². The Morgan fingerprint density at radius 1 is 1.18 bits per heavy atom. The second-order valence-electron chi connectivity index (χ2n) is 6.41. The number of rotatable bonds is 5. The highest BCUT2D eigenvalue weighted by molar-refractivity contribution is 6.06. The van der Waals surface area contributed by atoms with E-state index in [1.807, 2.05) is 0 Å². The molecular weight excluding hydrogens is 373 g/mol. The predicted molar refractivity (Wildman–Crippen MR) is 97.1 cm³/mol. The van der Waals surface area contributed by atoms with Crippen molar-refractivity contribution in [2.24, 2.45) is 0 Å². The van der Waals surface area contributed by atoms with E-state index >= 15 is 0 Å². The van der Waals surface area contributed by atoms with Gasteiger partial charge < -0.3 is 9.64 Å². The SMILES string of the molecule is COc1ccc(N(CN2CCCC2=O)C(=O)c2cccc(C(F)(F)F)c2)cc1. The Morgan fingerprint density at radius 3 is 2.46 bits per heavy atom. The Balaban J connectivity index is 1.95. The first-order valence-electron chi connectivity index (χ1n) is 8.70. The zero-order chi connectivity index (χ0) is 20.3. The first-order chi connectivity index (χ1) is 13.3. The van der Waals surface area contributed by atoms with Crippen LogP contribution in [0.4, 0.5) is 18.9 Å². The number of ether oxygens (including phenoxy) is 1. The molecule has 1 aliphatic heterocycles. The van der Waals surface area contributed by atoms with Gasteiger partial charge in [0.2, 0.25) is 5.91 Å². The average molecular weight is 392 g/mol. The van der Waals surface area contributed by atoms with Crippen LogP contribution in [0, 0.1) is 0 Å². The van der Waals surface area contributed by atoms with Crippen molar-refractivity contribution in [1.82, 2.24) is 4.90 Å². The summed E-state index contributed by atoms with van der Waals surface area (Å²) in [6, 6.07) is 10.8. The van der Waals surface area contributed by atoms with Crippen LogP contribution in [0.5, 0.6) is 5.75 Å². The Morgan fingerprint density at radius 2 is 1.89 bits per heavy atom. The van der Waals surface area contributed by atoms with Crippen molar-refractivity contribution in [3.63, 3.8) is 0 Å². The van der Waals surface area contributed by atoms with Crippen LogP contribution >= 0.6 is 0 Å². The predicted octanol–water partition coefficient (Wildman–Crippen LogP) is 3.94. The molecule has 1 fully saturated rings. The van der Waals surface area contributed by atoms with Gasteiger partial charge in [0, 0.05) is 24.2 Å². The number of anilines is 1. The molecule has 3 rings (SSSR count). The lowest BCUT2D eigenvalue weighted by atomic mass is 10.1. The van der Waals surface area contributed by atoms with Gasteiger partial charge in [-0.15, -0.1) is 0 Å². The van der Waals surface area contributed by atoms with E-state index in [0.717, 1.165) is 12.1 Å². The van der Waals surface area contributed by atoms with Gasteiger partial charge in [0.1, 0.15) is 12.4 Å². The summed E-state index contributed by atoms with van der Waals surface area (Å²) < 4.78 is 44.2. The molecule has 2 aromatic rings. The molecular formula is C20H19F3N2O3. The Kier molecular flexibility index (Phi) is 5.58. The topological polar surface area (TPSA) is 49.9 Å². The minimum atomic E-state index is -4.55. The molecule has 1 aliphatic rings. The number of methoxy groups -OCH3 is 1. The number of nitrogens with zero attached hydrogens (tertiary/aromatic N) is 2. The lowest BCUT2D eigenvalue weighted by Crippen LogP contribution is -2.42. The van der Waals surface area contributed by atoms with E-state index < -0.39 is 17.6 Å². The molecule has 1 saturated heterocycles. The Hall–Kier alpha value is -3.03. The van der Waals surface area contributed by atoms with Gasteiger partial charge >= 0.3 is 6.18 Å². The minimum absolute atomic E-state index is 0.0275. The summed E-state index contributed by atoms with van der Waals surface area (Å²) in [5.74, 6) is -0.126. The van der Waals surface area contributed by atoms with Gasteiger partial charge in [0.15, 0.2) is 0 Å². The maximum Gasteiger partial charge on any atom is 0.416 e. The standard InChI is InChI=1S/C20H19F3N2O3/c1-28-17-9-7-16(8-10-17)25(13-24-11-3-6-18(24)26)19(27)14-4-2-5-15(12-14)20(21,22)23/h2,4-5,7-10,12H,3,6,11,13H2,1H3. The summed E-state index contributed by atoms with van der Waals surface area (Å²) in [4.78, 5) is 27.9. The maximum absolute atomic E-state index is 13.1. The molecule has 0 aliphatic carbocycles. The number of amides is 2. The van der Waals surface area contributed by atoms with Crippen LogP contribution in [0.1, 0.15) is 28.8 Å². The summed E-state index contributed by atoms with van der Waals surface area (Å²) in [6.07, 6.45) is -3.46. The van der Waals surface area contributed by atoms with Crippen molar-refractivity contribution in [1.29, 1.82) is 0 Å². The third kappa shape index (κ3) is 4.27. The molecule has 0 aromatic heterocycles. The van der Waals surface area contributed by atoms with Gasteiger partial charge in [-0.3, -0.25) is 14.5 Å².